The molecule has 0 aromatic heterocycles. The summed E-state index contributed by atoms with van der Waals surface area (Å²) in [6, 6.07) is 14.0. The third-order valence-electron chi connectivity index (χ3n) is 2.96. The molecule has 2 amide bonds. The Morgan fingerprint density at radius 3 is 2.59 bits per heavy atom. The van der Waals surface area contributed by atoms with Crippen LogP contribution in [0.2, 0.25) is 0 Å². The van der Waals surface area contributed by atoms with E-state index in [4.69, 9.17) is 0 Å². The van der Waals surface area contributed by atoms with Crippen LogP contribution in [0.5, 0.6) is 0 Å². The highest BCUT2D eigenvalue weighted by Crippen LogP contribution is 2.17. The zero-order valence-corrected chi connectivity index (χ0v) is 11.6. The van der Waals surface area contributed by atoms with Gasteiger partial charge in [0.15, 0.2) is 0 Å². The molecule has 2 aromatic rings. The van der Waals surface area contributed by atoms with Crippen molar-refractivity contribution in [2.75, 3.05) is 11.9 Å². The van der Waals surface area contributed by atoms with Crippen molar-refractivity contribution in [3.8, 4) is 0 Å². The quantitative estimate of drug-likeness (QED) is 0.582. The number of hydrogen-bond donors (Lipinski definition) is 3. The normalized spacial score (nSPS) is 11.5. The number of anilines is 1. The van der Waals surface area contributed by atoms with E-state index in [1.165, 1.54) is 18.2 Å². The van der Waals surface area contributed by atoms with Gasteiger partial charge in [-0.2, -0.15) is 0 Å². The second kappa shape index (κ2) is 7.19. The van der Waals surface area contributed by atoms with Gasteiger partial charge in [0.05, 0.1) is 11.0 Å². The van der Waals surface area contributed by atoms with Crippen molar-refractivity contribution in [2.24, 2.45) is 0 Å². The minimum absolute atomic E-state index is 0.0325. The molecule has 0 saturated carbocycles. The third-order valence-corrected chi connectivity index (χ3v) is 2.96. The monoisotopic (exact) mass is 301 g/mol. The van der Waals surface area contributed by atoms with Crippen molar-refractivity contribution >= 4 is 17.4 Å². The lowest BCUT2D eigenvalue weighted by molar-refractivity contribution is -0.384. The maximum absolute atomic E-state index is 11.7. The van der Waals surface area contributed by atoms with Crippen LogP contribution in [0.3, 0.4) is 0 Å². The van der Waals surface area contributed by atoms with E-state index in [9.17, 15) is 20.0 Å². The summed E-state index contributed by atoms with van der Waals surface area (Å²) in [4.78, 5) is 21.8. The first-order chi connectivity index (χ1) is 10.6. The Morgan fingerprint density at radius 2 is 1.91 bits per heavy atom. The largest absolute Gasteiger partial charge is 0.387 e. The number of non-ortho nitro benzene ring substituents is 1. The van der Waals surface area contributed by atoms with Gasteiger partial charge in [-0.3, -0.25) is 10.1 Å². The predicted molar refractivity (Wildman–Crippen MR) is 81.5 cm³/mol. The minimum atomic E-state index is -0.822. The number of urea groups is 1. The number of carbonyl (C=O) groups excluding carboxylic acids is 1. The Bertz CT molecular complexity index is 661. The van der Waals surface area contributed by atoms with E-state index in [0.29, 0.717) is 11.3 Å². The molecule has 0 saturated heterocycles. The van der Waals surface area contributed by atoms with E-state index >= 15 is 0 Å². The fourth-order valence-corrected chi connectivity index (χ4v) is 1.85. The molecular weight excluding hydrogens is 286 g/mol. The zero-order valence-electron chi connectivity index (χ0n) is 11.6. The second-order valence-corrected chi connectivity index (χ2v) is 4.57. The average Bonchev–Trinajstić information content (AvgIpc) is 2.53. The Kier molecular flexibility index (Phi) is 5.05. The van der Waals surface area contributed by atoms with Crippen LogP contribution in [0.15, 0.2) is 54.6 Å². The summed E-state index contributed by atoms with van der Waals surface area (Å²) < 4.78 is 0. The second-order valence-electron chi connectivity index (χ2n) is 4.57. The van der Waals surface area contributed by atoms with Crippen LogP contribution in [0.1, 0.15) is 11.7 Å². The Balaban J connectivity index is 1.88. The van der Waals surface area contributed by atoms with Crippen LogP contribution >= 0.6 is 0 Å². The average molecular weight is 301 g/mol. The summed E-state index contributed by atoms with van der Waals surface area (Å²) >= 11 is 0. The van der Waals surface area contributed by atoms with Crippen molar-refractivity contribution in [2.45, 2.75) is 6.10 Å². The van der Waals surface area contributed by atoms with Gasteiger partial charge in [-0.1, -0.05) is 36.4 Å². The summed E-state index contributed by atoms with van der Waals surface area (Å²) in [7, 11) is 0. The van der Waals surface area contributed by atoms with E-state index in [-0.39, 0.29) is 12.2 Å². The lowest BCUT2D eigenvalue weighted by Crippen LogP contribution is -2.32. The molecule has 0 radical (unpaired) electrons. The highest BCUT2D eigenvalue weighted by atomic mass is 16.6. The number of nitro groups is 1. The summed E-state index contributed by atoms with van der Waals surface area (Å²) in [6.07, 6.45) is -0.822. The lowest BCUT2D eigenvalue weighted by atomic mass is 10.1. The molecule has 0 aliphatic heterocycles. The van der Waals surface area contributed by atoms with E-state index in [1.54, 1.807) is 30.3 Å². The fraction of sp³-hybridized carbons (Fsp3) is 0.133. The summed E-state index contributed by atoms with van der Waals surface area (Å²) in [6.45, 7) is 0.0325. The van der Waals surface area contributed by atoms with E-state index in [2.05, 4.69) is 10.6 Å². The number of amides is 2. The molecule has 0 heterocycles. The lowest BCUT2D eigenvalue weighted by Gasteiger charge is -2.12. The highest BCUT2D eigenvalue weighted by Gasteiger charge is 2.10. The molecular formula is C15H15N3O4. The molecule has 0 fully saturated rings. The molecule has 3 N–H and O–H groups in total. The van der Waals surface area contributed by atoms with Gasteiger partial charge in [-0.15, -0.1) is 0 Å². The molecule has 1 unspecified atom stereocenters. The summed E-state index contributed by atoms with van der Waals surface area (Å²) in [5.74, 6) is 0. The van der Waals surface area contributed by atoms with Crippen LogP contribution in [-0.2, 0) is 0 Å². The maximum atomic E-state index is 11.7. The van der Waals surface area contributed by atoms with Crippen LogP contribution < -0.4 is 10.6 Å². The van der Waals surface area contributed by atoms with E-state index < -0.39 is 17.1 Å². The van der Waals surface area contributed by atoms with Gasteiger partial charge in [0.2, 0.25) is 0 Å². The Labute approximate surface area is 126 Å². The molecule has 2 rings (SSSR count). The predicted octanol–water partition coefficient (Wildman–Crippen LogP) is 2.45. The smallest absolute Gasteiger partial charge is 0.319 e. The molecule has 22 heavy (non-hydrogen) atoms. The Hall–Kier alpha value is -2.93. The zero-order chi connectivity index (χ0) is 15.9. The number of nitrogens with zero attached hydrogens (tertiary/aromatic N) is 1. The van der Waals surface area contributed by atoms with Crippen molar-refractivity contribution < 1.29 is 14.8 Å². The molecule has 7 heteroatoms. The number of nitrogens with one attached hydrogen (secondary N) is 2. The summed E-state index contributed by atoms with van der Waals surface area (Å²) in [5, 5.41) is 25.6. The Morgan fingerprint density at radius 1 is 1.18 bits per heavy atom. The number of aliphatic hydroxyl groups excluding tert-OH is 1. The van der Waals surface area contributed by atoms with E-state index in [0.717, 1.165) is 0 Å². The van der Waals surface area contributed by atoms with Gasteiger partial charge >= 0.3 is 6.03 Å². The van der Waals surface area contributed by atoms with Crippen LogP contribution in [0.25, 0.3) is 0 Å². The van der Waals surface area contributed by atoms with Gasteiger partial charge < -0.3 is 15.7 Å². The van der Waals surface area contributed by atoms with Crippen LogP contribution in [-0.4, -0.2) is 22.6 Å². The van der Waals surface area contributed by atoms with Crippen LogP contribution in [0, 0.1) is 10.1 Å². The maximum Gasteiger partial charge on any atom is 0.319 e. The van der Waals surface area contributed by atoms with Crippen molar-refractivity contribution in [1.82, 2.24) is 5.32 Å². The standard InChI is InChI=1S/C15H15N3O4/c19-14(11-5-2-1-3-6-11)10-16-15(20)17-12-7-4-8-13(9-12)18(21)22/h1-9,14,19H,10H2,(H2,16,17,20). The van der Waals surface area contributed by atoms with Gasteiger partial charge in [0.25, 0.3) is 5.69 Å². The number of nitro benzene ring substituents is 1. The fourth-order valence-electron chi connectivity index (χ4n) is 1.85. The number of aliphatic hydroxyl groups is 1. The van der Waals surface area contributed by atoms with Crippen molar-refractivity contribution in [3.63, 3.8) is 0 Å². The number of rotatable bonds is 5. The molecule has 7 nitrogen and oxygen atoms in total. The van der Waals surface area contributed by atoms with Gasteiger partial charge in [-0.05, 0) is 11.6 Å². The van der Waals surface area contributed by atoms with Gasteiger partial charge in [0, 0.05) is 24.4 Å². The topological polar surface area (TPSA) is 104 Å². The molecule has 0 spiro atoms. The first-order valence-corrected chi connectivity index (χ1v) is 6.58. The molecule has 1 atom stereocenters. The van der Waals surface area contributed by atoms with E-state index in [1.807, 2.05) is 6.07 Å². The molecule has 114 valence electrons. The molecule has 0 bridgehead atoms. The number of carbonyl (C=O) groups is 1. The molecule has 2 aromatic carbocycles. The highest BCUT2D eigenvalue weighted by molar-refractivity contribution is 5.89. The minimum Gasteiger partial charge on any atom is -0.387 e. The number of benzene rings is 2. The van der Waals surface area contributed by atoms with Crippen molar-refractivity contribution in [3.05, 3.63) is 70.3 Å². The van der Waals surface area contributed by atoms with Gasteiger partial charge in [0.1, 0.15) is 0 Å². The van der Waals surface area contributed by atoms with Crippen molar-refractivity contribution in [1.29, 1.82) is 0 Å². The first kappa shape index (κ1) is 15.5. The molecule has 0 aliphatic rings. The summed E-state index contributed by atoms with van der Waals surface area (Å²) in [5.41, 5.74) is 0.890. The number of hydrogen-bond acceptors (Lipinski definition) is 4. The third kappa shape index (κ3) is 4.29. The van der Waals surface area contributed by atoms with Crippen LogP contribution in [0.4, 0.5) is 16.2 Å². The SMILES string of the molecule is O=C(NCC(O)c1ccccc1)Nc1cccc([N+](=O)[O-])c1. The molecule has 0 aliphatic carbocycles. The van der Waals surface area contributed by atoms with Gasteiger partial charge in [-0.25, -0.2) is 4.79 Å². The first-order valence-electron chi connectivity index (χ1n) is 6.58.